The summed E-state index contributed by atoms with van der Waals surface area (Å²) in [4.78, 5) is 24.3. The van der Waals surface area contributed by atoms with E-state index in [1.807, 2.05) is 31.2 Å². The van der Waals surface area contributed by atoms with E-state index in [1.54, 1.807) is 0 Å². The van der Waals surface area contributed by atoms with Gasteiger partial charge in [-0.15, -0.1) is 0 Å². The highest BCUT2D eigenvalue weighted by Gasteiger charge is 2.43. The van der Waals surface area contributed by atoms with Crippen LogP contribution in [0.4, 0.5) is 4.79 Å². The van der Waals surface area contributed by atoms with Gasteiger partial charge in [0.05, 0.1) is 18.6 Å². The molecule has 0 saturated carbocycles. The third kappa shape index (κ3) is 3.79. The number of ether oxygens (including phenoxy) is 2. The molecule has 1 saturated heterocycles. The van der Waals surface area contributed by atoms with Gasteiger partial charge in [0, 0.05) is 18.4 Å². The Balaban J connectivity index is 1.49. The third-order valence-electron chi connectivity index (χ3n) is 6.50. The Morgan fingerprint density at radius 2 is 1.77 bits per heavy atom. The number of carbonyl (C=O) groups is 2. The van der Waals surface area contributed by atoms with Gasteiger partial charge in [0.1, 0.15) is 6.61 Å². The fourth-order valence-electron chi connectivity index (χ4n) is 4.87. The molecule has 1 fully saturated rings. The smallest absolute Gasteiger partial charge is 0.407 e. The monoisotopic (exact) mass is 409 g/mol. The summed E-state index contributed by atoms with van der Waals surface area (Å²) < 4.78 is 11.1. The molecule has 0 bridgehead atoms. The Labute approximate surface area is 176 Å². The van der Waals surface area contributed by atoms with Crippen LogP contribution < -0.4 is 5.32 Å². The van der Waals surface area contributed by atoms with Gasteiger partial charge in [-0.25, -0.2) is 4.79 Å². The summed E-state index contributed by atoms with van der Waals surface area (Å²) in [7, 11) is 0. The summed E-state index contributed by atoms with van der Waals surface area (Å²) >= 11 is 0. The van der Waals surface area contributed by atoms with Crippen LogP contribution >= 0.6 is 0 Å². The van der Waals surface area contributed by atoms with Crippen molar-refractivity contribution in [3.63, 3.8) is 0 Å². The van der Waals surface area contributed by atoms with Gasteiger partial charge in [-0.3, -0.25) is 4.79 Å². The maximum atomic E-state index is 12.8. The molecule has 2 atom stereocenters. The van der Waals surface area contributed by atoms with Gasteiger partial charge >= 0.3 is 12.1 Å². The van der Waals surface area contributed by atoms with Crippen LogP contribution in [0.1, 0.15) is 43.2 Å². The predicted octanol–water partition coefficient (Wildman–Crippen LogP) is 4.19. The molecule has 2 aromatic rings. The number of carbonyl (C=O) groups excluding carboxylic acids is 1. The van der Waals surface area contributed by atoms with Crippen molar-refractivity contribution in [1.82, 2.24) is 5.32 Å². The van der Waals surface area contributed by atoms with Crippen LogP contribution in [0.5, 0.6) is 0 Å². The van der Waals surface area contributed by atoms with Crippen molar-refractivity contribution in [2.24, 2.45) is 5.92 Å². The van der Waals surface area contributed by atoms with Crippen molar-refractivity contribution < 1.29 is 24.2 Å². The minimum Gasteiger partial charge on any atom is -0.481 e. The van der Waals surface area contributed by atoms with Crippen LogP contribution in [0.2, 0.25) is 0 Å². The number of carboxylic acids is 1. The molecule has 2 aliphatic rings. The zero-order valence-electron chi connectivity index (χ0n) is 17.1. The average molecular weight is 409 g/mol. The van der Waals surface area contributed by atoms with Crippen molar-refractivity contribution in [2.75, 3.05) is 19.8 Å². The summed E-state index contributed by atoms with van der Waals surface area (Å²) in [5, 5.41) is 12.3. The zero-order chi connectivity index (χ0) is 21.1. The molecular formula is C24H27NO5. The Bertz CT molecular complexity index is 891. The number of carboxylic acid groups (broad SMARTS) is 1. The molecule has 2 aromatic carbocycles. The van der Waals surface area contributed by atoms with Crippen molar-refractivity contribution in [1.29, 1.82) is 0 Å². The summed E-state index contributed by atoms with van der Waals surface area (Å²) in [5.74, 6) is -1.02. The fourth-order valence-corrected chi connectivity index (χ4v) is 4.87. The molecule has 158 valence electrons. The highest BCUT2D eigenvalue weighted by molar-refractivity contribution is 5.79. The third-order valence-corrected chi connectivity index (χ3v) is 6.50. The molecule has 1 amide bonds. The van der Waals surface area contributed by atoms with E-state index in [2.05, 4.69) is 29.6 Å². The van der Waals surface area contributed by atoms with E-state index in [0.717, 1.165) is 17.5 Å². The van der Waals surface area contributed by atoms with Gasteiger partial charge in [0.25, 0.3) is 0 Å². The lowest BCUT2D eigenvalue weighted by molar-refractivity contribution is -0.139. The van der Waals surface area contributed by atoms with Crippen LogP contribution in [0.15, 0.2) is 48.5 Å². The molecule has 1 aliphatic heterocycles. The lowest BCUT2D eigenvalue weighted by atomic mass is 9.78. The minimum atomic E-state index is -0.942. The largest absolute Gasteiger partial charge is 0.481 e. The number of hydrogen-bond donors (Lipinski definition) is 2. The first-order valence-electron chi connectivity index (χ1n) is 10.5. The molecule has 0 spiro atoms. The molecule has 2 unspecified atom stereocenters. The molecule has 6 nitrogen and oxygen atoms in total. The Kier molecular flexibility index (Phi) is 5.77. The van der Waals surface area contributed by atoms with Crippen LogP contribution in [0.25, 0.3) is 11.1 Å². The second-order valence-corrected chi connectivity index (χ2v) is 8.09. The second kappa shape index (κ2) is 8.48. The standard InChI is InChI=1S/C24H27NO5/c1-2-24(13-22(26)27,16-11-12-29-14-16)25-23(28)30-15-21-19-9-5-3-7-17(19)18-8-4-6-10-20(18)21/h3-10,16,21H,2,11-15H2,1H3,(H,25,28)(H,26,27). The number of alkyl carbamates (subject to hydrolysis) is 1. The summed E-state index contributed by atoms with van der Waals surface area (Å²) in [6, 6.07) is 16.3. The van der Waals surface area contributed by atoms with E-state index in [0.29, 0.717) is 19.6 Å². The molecule has 0 aromatic heterocycles. The van der Waals surface area contributed by atoms with E-state index < -0.39 is 17.6 Å². The van der Waals surface area contributed by atoms with Gasteiger partial charge in [0.15, 0.2) is 0 Å². The zero-order valence-corrected chi connectivity index (χ0v) is 17.1. The lowest BCUT2D eigenvalue weighted by Gasteiger charge is -2.37. The molecule has 0 radical (unpaired) electrons. The molecule has 2 N–H and O–H groups in total. The van der Waals surface area contributed by atoms with Crippen LogP contribution in [0.3, 0.4) is 0 Å². The second-order valence-electron chi connectivity index (χ2n) is 8.09. The highest BCUT2D eigenvalue weighted by Crippen LogP contribution is 2.44. The number of benzene rings is 2. The Morgan fingerprint density at radius 3 is 2.30 bits per heavy atom. The Hall–Kier alpha value is -2.86. The van der Waals surface area contributed by atoms with Crippen molar-refractivity contribution in [2.45, 2.75) is 37.6 Å². The first kappa shape index (κ1) is 20.4. The molecule has 6 heteroatoms. The topological polar surface area (TPSA) is 84.9 Å². The maximum absolute atomic E-state index is 12.8. The normalized spacial score (nSPS) is 19.6. The number of nitrogens with one attached hydrogen (secondary N) is 1. The van der Waals surface area contributed by atoms with Gasteiger partial charge in [0.2, 0.25) is 0 Å². The summed E-state index contributed by atoms with van der Waals surface area (Å²) in [6.07, 6.45) is 0.496. The fraction of sp³-hybridized carbons (Fsp3) is 0.417. The highest BCUT2D eigenvalue weighted by atomic mass is 16.5. The van der Waals surface area contributed by atoms with E-state index in [9.17, 15) is 14.7 Å². The van der Waals surface area contributed by atoms with E-state index in [-0.39, 0.29) is 24.9 Å². The van der Waals surface area contributed by atoms with Gasteiger partial charge < -0.3 is 19.9 Å². The predicted molar refractivity (Wildman–Crippen MR) is 112 cm³/mol. The molecule has 1 aliphatic carbocycles. The lowest BCUT2D eigenvalue weighted by Crippen LogP contribution is -2.55. The van der Waals surface area contributed by atoms with Gasteiger partial charge in [-0.1, -0.05) is 55.5 Å². The first-order valence-corrected chi connectivity index (χ1v) is 10.5. The number of amides is 1. The number of aliphatic carboxylic acids is 1. The van der Waals surface area contributed by atoms with Crippen LogP contribution in [-0.4, -0.2) is 42.5 Å². The number of hydrogen-bond acceptors (Lipinski definition) is 4. The average Bonchev–Trinajstić information content (AvgIpc) is 3.39. The van der Waals surface area contributed by atoms with Crippen molar-refractivity contribution >= 4 is 12.1 Å². The van der Waals surface area contributed by atoms with E-state index >= 15 is 0 Å². The molecule has 30 heavy (non-hydrogen) atoms. The van der Waals surface area contributed by atoms with Gasteiger partial charge in [-0.05, 0) is 35.1 Å². The van der Waals surface area contributed by atoms with Crippen LogP contribution in [-0.2, 0) is 14.3 Å². The van der Waals surface area contributed by atoms with Gasteiger partial charge in [-0.2, -0.15) is 0 Å². The number of rotatable bonds is 7. The van der Waals surface area contributed by atoms with Crippen molar-refractivity contribution in [3.05, 3.63) is 59.7 Å². The summed E-state index contributed by atoms with van der Waals surface area (Å²) in [5.41, 5.74) is 3.74. The quantitative estimate of drug-likeness (QED) is 0.716. The van der Waals surface area contributed by atoms with E-state index in [1.165, 1.54) is 11.1 Å². The van der Waals surface area contributed by atoms with E-state index in [4.69, 9.17) is 9.47 Å². The molecule has 1 heterocycles. The Morgan fingerprint density at radius 1 is 1.13 bits per heavy atom. The maximum Gasteiger partial charge on any atom is 0.407 e. The molecule has 4 rings (SSSR count). The molecular weight excluding hydrogens is 382 g/mol. The first-order chi connectivity index (χ1) is 14.5. The summed E-state index contributed by atoms with van der Waals surface area (Å²) in [6.45, 7) is 3.13. The minimum absolute atomic E-state index is 0.0338. The van der Waals surface area contributed by atoms with Crippen molar-refractivity contribution in [3.8, 4) is 11.1 Å². The number of fused-ring (bicyclic) bond motifs is 3. The SMILES string of the molecule is CCC(CC(=O)O)(NC(=O)OCC1c2ccccc2-c2ccccc21)C1CCOC1. The van der Waals surface area contributed by atoms with Crippen LogP contribution in [0, 0.1) is 5.92 Å².